The lowest BCUT2D eigenvalue weighted by Gasteiger charge is -2.32. The van der Waals surface area contributed by atoms with Crippen molar-refractivity contribution in [2.24, 2.45) is 0 Å². The van der Waals surface area contributed by atoms with E-state index < -0.39 is 5.82 Å². The van der Waals surface area contributed by atoms with E-state index in [0.29, 0.717) is 23.4 Å². The Bertz CT molecular complexity index is 1510. The average molecular weight is 515 g/mol. The summed E-state index contributed by atoms with van der Waals surface area (Å²) in [5, 5.41) is 15.9. The zero-order valence-electron chi connectivity index (χ0n) is 21.3. The lowest BCUT2D eigenvalue weighted by atomic mass is 9.95. The molecular formula is C29H31FN6O2. The summed E-state index contributed by atoms with van der Waals surface area (Å²) in [6, 6.07) is 11.0. The van der Waals surface area contributed by atoms with Crippen molar-refractivity contribution >= 4 is 27.5 Å². The van der Waals surface area contributed by atoms with Crippen LogP contribution in [0, 0.1) is 5.82 Å². The standard InChI is InChI=1S/C29H31FN6O2/c30-24-25(22-16-20(37)15-19-5-1-2-6-21(19)22)32-17-23-26(24)33-28(34-27(23)35-13-9-31-10-14-35)38-18-29-7-3-11-36(29)12-4-8-29/h1-2,5-6,15-17,31,37H,3-4,7-14,18H2. The zero-order chi connectivity index (χ0) is 25.7. The molecule has 7 rings (SSSR count). The monoisotopic (exact) mass is 514 g/mol. The summed E-state index contributed by atoms with van der Waals surface area (Å²) in [6.45, 7) is 5.88. The molecule has 0 bridgehead atoms. The number of phenolic OH excluding ortho intramolecular Hbond substituents is 1. The number of phenols is 1. The van der Waals surface area contributed by atoms with Gasteiger partial charge in [-0.15, -0.1) is 0 Å². The third-order valence-corrected chi connectivity index (χ3v) is 8.44. The number of ether oxygens (including phenoxy) is 1. The molecule has 2 aromatic carbocycles. The van der Waals surface area contributed by atoms with E-state index in [2.05, 4.69) is 25.1 Å². The number of hydrogen-bond donors (Lipinski definition) is 2. The highest BCUT2D eigenvalue weighted by Crippen LogP contribution is 2.40. The van der Waals surface area contributed by atoms with Crippen molar-refractivity contribution in [1.29, 1.82) is 0 Å². The molecule has 3 aliphatic heterocycles. The van der Waals surface area contributed by atoms with Gasteiger partial charge in [-0.1, -0.05) is 24.3 Å². The van der Waals surface area contributed by atoms with Gasteiger partial charge in [-0.3, -0.25) is 9.88 Å². The van der Waals surface area contributed by atoms with Gasteiger partial charge in [0.15, 0.2) is 5.82 Å². The van der Waals surface area contributed by atoms with Crippen LogP contribution in [-0.4, -0.2) is 76.4 Å². The minimum absolute atomic E-state index is 0.0377. The predicted molar refractivity (Wildman–Crippen MR) is 145 cm³/mol. The van der Waals surface area contributed by atoms with Gasteiger partial charge >= 0.3 is 6.01 Å². The molecule has 3 fully saturated rings. The number of hydrogen-bond acceptors (Lipinski definition) is 8. The molecule has 8 nitrogen and oxygen atoms in total. The molecular weight excluding hydrogens is 483 g/mol. The fourth-order valence-electron chi connectivity index (χ4n) is 6.54. The fourth-order valence-corrected chi connectivity index (χ4v) is 6.54. The Kier molecular flexibility index (Phi) is 5.78. The van der Waals surface area contributed by atoms with Crippen LogP contribution in [0.3, 0.4) is 0 Å². The Hall–Kier alpha value is -3.56. The molecule has 196 valence electrons. The summed E-state index contributed by atoms with van der Waals surface area (Å²) in [5.41, 5.74) is 0.900. The van der Waals surface area contributed by atoms with Crippen LogP contribution in [0.2, 0.25) is 0 Å². The van der Waals surface area contributed by atoms with Crippen LogP contribution >= 0.6 is 0 Å². The van der Waals surface area contributed by atoms with Crippen LogP contribution in [0.5, 0.6) is 11.8 Å². The van der Waals surface area contributed by atoms with Crippen molar-refractivity contribution in [2.45, 2.75) is 31.2 Å². The smallest absolute Gasteiger partial charge is 0.319 e. The van der Waals surface area contributed by atoms with Gasteiger partial charge in [-0.05, 0) is 61.7 Å². The van der Waals surface area contributed by atoms with Crippen molar-refractivity contribution in [2.75, 3.05) is 50.8 Å². The van der Waals surface area contributed by atoms with Gasteiger partial charge in [0, 0.05) is 37.9 Å². The van der Waals surface area contributed by atoms with Gasteiger partial charge in [0.25, 0.3) is 0 Å². The average Bonchev–Trinajstić information content (AvgIpc) is 3.53. The Morgan fingerprint density at radius 1 is 1.00 bits per heavy atom. The van der Waals surface area contributed by atoms with Crippen LogP contribution in [0.25, 0.3) is 32.9 Å². The summed E-state index contributed by atoms with van der Waals surface area (Å²) < 4.78 is 22.7. The molecule has 0 amide bonds. The summed E-state index contributed by atoms with van der Waals surface area (Å²) in [6.07, 6.45) is 6.23. The molecule has 0 radical (unpaired) electrons. The molecule has 5 heterocycles. The van der Waals surface area contributed by atoms with Gasteiger partial charge < -0.3 is 20.1 Å². The van der Waals surface area contributed by atoms with Gasteiger partial charge in [0.2, 0.25) is 0 Å². The summed E-state index contributed by atoms with van der Waals surface area (Å²) in [5.74, 6) is 0.172. The highest BCUT2D eigenvalue weighted by Gasteiger charge is 2.45. The molecule has 9 heteroatoms. The van der Waals surface area contributed by atoms with Crippen LogP contribution in [0.4, 0.5) is 10.2 Å². The van der Waals surface area contributed by atoms with Crippen molar-refractivity contribution in [3.8, 4) is 23.0 Å². The Morgan fingerprint density at radius 3 is 2.61 bits per heavy atom. The summed E-state index contributed by atoms with van der Waals surface area (Å²) in [4.78, 5) is 18.6. The maximum absolute atomic E-state index is 16.4. The first kappa shape index (κ1) is 23.5. The van der Waals surface area contributed by atoms with E-state index in [0.717, 1.165) is 62.9 Å². The summed E-state index contributed by atoms with van der Waals surface area (Å²) >= 11 is 0. The molecule has 3 saturated heterocycles. The summed E-state index contributed by atoms with van der Waals surface area (Å²) in [7, 11) is 0. The molecule has 0 saturated carbocycles. The highest BCUT2D eigenvalue weighted by molar-refractivity contribution is 5.99. The first-order valence-corrected chi connectivity index (χ1v) is 13.5. The second-order valence-electron chi connectivity index (χ2n) is 10.7. The van der Waals surface area contributed by atoms with Crippen molar-refractivity contribution in [3.05, 3.63) is 48.4 Å². The van der Waals surface area contributed by atoms with Crippen LogP contribution in [0.15, 0.2) is 42.6 Å². The van der Waals surface area contributed by atoms with Gasteiger partial charge in [0.05, 0.1) is 10.9 Å². The molecule has 4 aromatic rings. The normalized spacial score (nSPS) is 19.3. The van der Waals surface area contributed by atoms with Crippen molar-refractivity contribution in [3.63, 3.8) is 0 Å². The van der Waals surface area contributed by atoms with E-state index in [1.54, 1.807) is 18.3 Å². The van der Waals surface area contributed by atoms with Crippen LogP contribution in [0.1, 0.15) is 25.7 Å². The number of anilines is 1. The number of fused-ring (bicyclic) bond motifs is 3. The second kappa shape index (κ2) is 9.32. The molecule has 0 atom stereocenters. The number of aromatic hydroxyl groups is 1. The number of nitrogens with zero attached hydrogens (tertiary/aromatic N) is 5. The number of nitrogens with one attached hydrogen (secondary N) is 1. The Balaban J connectivity index is 1.35. The highest BCUT2D eigenvalue weighted by atomic mass is 19.1. The number of rotatable bonds is 5. The van der Waals surface area contributed by atoms with Gasteiger partial charge in [-0.25, -0.2) is 4.39 Å². The Labute approximate surface area is 220 Å². The van der Waals surface area contributed by atoms with Crippen molar-refractivity contribution < 1.29 is 14.2 Å². The third-order valence-electron chi connectivity index (χ3n) is 8.44. The minimum atomic E-state index is -0.539. The maximum atomic E-state index is 16.4. The first-order chi connectivity index (χ1) is 18.6. The molecule has 0 aliphatic carbocycles. The molecule has 38 heavy (non-hydrogen) atoms. The van der Waals surface area contributed by atoms with Crippen LogP contribution in [-0.2, 0) is 0 Å². The zero-order valence-corrected chi connectivity index (χ0v) is 21.3. The van der Waals surface area contributed by atoms with Gasteiger partial charge in [0.1, 0.15) is 29.4 Å². The first-order valence-electron chi connectivity index (χ1n) is 13.5. The number of piperazine rings is 1. The lowest BCUT2D eigenvalue weighted by Crippen LogP contribution is -2.44. The number of aromatic nitrogens is 3. The molecule has 0 unspecified atom stereocenters. The van der Waals surface area contributed by atoms with Crippen LogP contribution < -0.4 is 15.0 Å². The molecule has 3 aliphatic rings. The number of pyridine rings is 1. The van der Waals surface area contributed by atoms with Gasteiger partial charge in [-0.2, -0.15) is 9.97 Å². The predicted octanol–water partition coefficient (Wildman–Crippen LogP) is 4.11. The van der Waals surface area contributed by atoms with Crippen molar-refractivity contribution in [1.82, 2.24) is 25.2 Å². The lowest BCUT2D eigenvalue weighted by molar-refractivity contribution is 0.108. The molecule has 2 N–H and O–H groups in total. The van der Waals surface area contributed by atoms with E-state index in [-0.39, 0.29) is 28.5 Å². The van der Waals surface area contributed by atoms with E-state index in [4.69, 9.17) is 9.72 Å². The van der Waals surface area contributed by atoms with E-state index in [1.165, 1.54) is 12.8 Å². The Morgan fingerprint density at radius 2 is 1.79 bits per heavy atom. The number of benzene rings is 2. The third kappa shape index (κ3) is 3.92. The topological polar surface area (TPSA) is 86.6 Å². The second-order valence-corrected chi connectivity index (χ2v) is 10.7. The SMILES string of the molecule is Oc1cc(-c2ncc3c(N4CCNCC4)nc(OCC45CCCN4CCC5)nc3c2F)c2ccccc2c1. The maximum Gasteiger partial charge on any atom is 0.319 e. The molecule has 0 spiro atoms. The quantitative estimate of drug-likeness (QED) is 0.412. The fraction of sp³-hybridized carbons (Fsp3) is 0.414. The van der Waals surface area contributed by atoms with E-state index in [1.807, 2.05) is 24.3 Å². The largest absolute Gasteiger partial charge is 0.508 e. The minimum Gasteiger partial charge on any atom is -0.508 e. The molecule has 2 aromatic heterocycles. The van der Waals surface area contributed by atoms with E-state index in [9.17, 15) is 5.11 Å². The number of halogens is 1. The van der Waals surface area contributed by atoms with E-state index >= 15 is 4.39 Å².